The van der Waals surface area contributed by atoms with E-state index in [4.69, 9.17) is 14.2 Å². The zero-order valence-electron chi connectivity index (χ0n) is 15.5. The predicted octanol–water partition coefficient (Wildman–Crippen LogP) is 4.62. The molecule has 6 heteroatoms. The van der Waals surface area contributed by atoms with E-state index in [1.165, 1.54) is 0 Å². The van der Waals surface area contributed by atoms with Crippen molar-refractivity contribution < 1.29 is 19.0 Å². The maximum Gasteiger partial charge on any atom is 0.258 e. The lowest BCUT2D eigenvalue weighted by Crippen LogP contribution is -2.30. The fourth-order valence-electron chi connectivity index (χ4n) is 2.69. The number of anilines is 1. The van der Waals surface area contributed by atoms with Crippen molar-refractivity contribution in [1.82, 2.24) is 0 Å². The Morgan fingerprint density at radius 1 is 0.889 bits per heavy atom. The zero-order chi connectivity index (χ0) is 19.2. The van der Waals surface area contributed by atoms with Gasteiger partial charge in [0.1, 0.15) is 17.2 Å². The fraction of sp³-hybridized carbons (Fsp3) is 0.190. The molecule has 1 aromatic heterocycles. The second-order valence-electron chi connectivity index (χ2n) is 5.77. The van der Waals surface area contributed by atoms with E-state index in [0.29, 0.717) is 23.6 Å². The van der Waals surface area contributed by atoms with Gasteiger partial charge >= 0.3 is 0 Å². The maximum absolute atomic E-state index is 13.4. The van der Waals surface area contributed by atoms with Gasteiger partial charge in [0, 0.05) is 22.2 Å². The lowest BCUT2D eigenvalue weighted by molar-refractivity contribution is 0.0984. The van der Waals surface area contributed by atoms with E-state index in [1.807, 2.05) is 41.8 Å². The molecule has 140 valence electrons. The lowest BCUT2D eigenvalue weighted by atomic mass is 10.1. The Labute approximate surface area is 162 Å². The average molecular weight is 383 g/mol. The highest BCUT2D eigenvalue weighted by Gasteiger charge is 2.20. The summed E-state index contributed by atoms with van der Waals surface area (Å²) in [6, 6.07) is 16.6. The van der Waals surface area contributed by atoms with Crippen LogP contribution in [0.25, 0.3) is 0 Å². The summed E-state index contributed by atoms with van der Waals surface area (Å²) in [6.45, 7) is 0.475. The molecular weight excluding hydrogens is 362 g/mol. The number of rotatable bonds is 7. The summed E-state index contributed by atoms with van der Waals surface area (Å²) < 4.78 is 15.8. The molecule has 0 N–H and O–H groups in total. The first-order valence-corrected chi connectivity index (χ1v) is 9.24. The monoisotopic (exact) mass is 383 g/mol. The average Bonchev–Trinajstić information content (AvgIpc) is 3.24. The number of benzene rings is 2. The molecule has 0 bridgehead atoms. The molecule has 3 aromatic rings. The summed E-state index contributed by atoms with van der Waals surface area (Å²) in [5.74, 6) is 1.75. The third kappa shape index (κ3) is 4.41. The maximum atomic E-state index is 13.4. The standard InChI is InChI=1S/C21H21NO4S/c1-24-17-8-6-16(7-9-17)22(14-20-5-4-10-27-20)21(23)15-11-18(25-2)13-19(12-15)26-3/h4-13H,14H2,1-3H3. The molecule has 0 radical (unpaired) electrons. The van der Waals surface area contributed by atoms with Crippen molar-refractivity contribution in [2.75, 3.05) is 26.2 Å². The summed E-state index contributed by atoms with van der Waals surface area (Å²) in [5.41, 5.74) is 1.29. The number of carbonyl (C=O) groups is 1. The van der Waals surface area contributed by atoms with E-state index in [1.54, 1.807) is 55.8 Å². The summed E-state index contributed by atoms with van der Waals surface area (Å²) in [7, 11) is 4.75. The number of amides is 1. The van der Waals surface area contributed by atoms with E-state index in [9.17, 15) is 4.79 Å². The quantitative estimate of drug-likeness (QED) is 0.597. The Morgan fingerprint density at radius 3 is 2.04 bits per heavy atom. The molecule has 27 heavy (non-hydrogen) atoms. The molecule has 0 fully saturated rings. The second-order valence-corrected chi connectivity index (χ2v) is 6.80. The third-order valence-corrected chi connectivity index (χ3v) is 4.98. The van der Waals surface area contributed by atoms with Gasteiger partial charge in [-0.25, -0.2) is 0 Å². The van der Waals surface area contributed by atoms with Crippen molar-refractivity contribution in [2.24, 2.45) is 0 Å². The lowest BCUT2D eigenvalue weighted by Gasteiger charge is -2.23. The van der Waals surface area contributed by atoms with E-state index in [0.717, 1.165) is 16.3 Å². The SMILES string of the molecule is COc1ccc(N(Cc2cccs2)C(=O)c2cc(OC)cc(OC)c2)cc1. The molecule has 3 rings (SSSR count). The van der Waals surface area contributed by atoms with Gasteiger partial charge in [-0.2, -0.15) is 0 Å². The number of thiophene rings is 1. The molecule has 0 saturated heterocycles. The van der Waals surface area contributed by atoms with Gasteiger partial charge in [0.05, 0.1) is 27.9 Å². The zero-order valence-corrected chi connectivity index (χ0v) is 16.3. The Hall–Kier alpha value is -2.99. The minimum Gasteiger partial charge on any atom is -0.497 e. The molecule has 0 spiro atoms. The highest BCUT2D eigenvalue weighted by Crippen LogP contribution is 2.28. The summed E-state index contributed by atoms with van der Waals surface area (Å²) in [6.07, 6.45) is 0. The Kier molecular flexibility index (Phi) is 5.98. The number of carbonyl (C=O) groups excluding carboxylic acids is 1. The summed E-state index contributed by atoms with van der Waals surface area (Å²) in [5, 5.41) is 2.00. The second kappa shape index (κ2) is 8.60. The summed E-state index contributed by atoms with van der Waals surface area (Å²) in [4.78, 5) is 16.2. The molecule has 0 aliphatic carbocycles. The van der Waals surface area contributed by atoms with Crippen LogP contribution in [0.2, 0.25) is 0 Å². The van der Waals surface area contributed by atoms with Crippen molar-refractivity contribution in [1.29, 1.82) is 0 Å². The fourth-order valence-corrected chi connectivity index (χ4v) is 3.38. The highest BCUT2D eigenvalue weighted by molar-refractivity contribution is 7.09. The van der Waals surface area contributed by atoms with Crippen molar-refractivity contribution >= 4 is 22.9 Å². The molecule has 0 aliphatic heterocycles. The number of hydrogen-bond donors (Lipinski definition) is 0. The van der Waals surface area contributed by atoms with E-state index in [2.05, 4.69) is 0 Å². The van der Waals surface area contributed by atoms with Gasteiger partial charge in [-0.1, -0.05) is 6.07 Å². The van der Waals surface area contributed by atoms with Crippen LogP contribution in [0, 0.1) is 0 Å². The minimum absolute atomic E-state index is 0.134. The third-order valence-electron chi connectivity index (χ3n) is 4.12. The summed E-state index contributed by atoms with van der Waals surface area (Å²) >= 11 is 1.61. The normalized spacial score (nSPS) is 10.3. The van der Waals surface area contributed by atoms with Crippen LogP contribution >= 0.6 is 11.3 Å². The smallest absolute Gasteiger partial charge is 0.258 e. The van der Waals surface area contributed by atoms with Crippen molar-refractivity contribution in [3.63, 3.8) is 0 Å². The van der Waals surface area contributed by atoms with Gasteiger partial charge < -0.3 is 19.1 Å². The van der Waals surface area contributed by atoms with Crippen LogP contribution in [0.3, 0.4) is 0 Å². The molecule has 1 amide bonds. The molecule has 0 atom stereocenters. The van der Waals surface area contributed by atoms with Gasteiger partial charge in [0.25, 0.3) is 5.91 Å². The van der Waals surface area contributed by atoms with E-state index < -0.39 is 0 Å². The molecular formula is C21H21NO4S. The molecule has 0 saturated carbocycles. The van der Waals surface area contributed by atoms with E-state index >= 15 is 0 Å². The Bertz CT molecular complexity index is 869. The van der Waals surface area contributed by atoms with E-state index in [-0.39, 0.29) is 5.91 Å². The topological polar surface area (TPSA) is 48.0 Å². The first-order valence-electron chi connectivity index (χ1n) is 8.36. The molecule has 1 heterocycles. The predicted molar refractivity (Wildman–Crippen MR) is 107 cm³/mol. The molecule has 0 unspecified atom stereocenters. The highest BCUT2D eigenvalue weighted by atomic mass is 32.1. The number of hydrogen-bond acceptors (Lipinski definition) is 5. The number of methoxy groups -OCH3 is 3. The van der Waals surface area contributed by atoms with Crippen molar-refractivity contribution in [3.8, 4) is 17.2 Å². The van der Waals surface area contributed by atoms with Crippen LogP contribution in [0.5, 0.6) is 17.2 Å². The van der Waals surface area contributed by atoms with Crippen molar-refractivity contribution in [3.05, 3.63) is 70.4 Å². The first-order chi connectivity index (χ1) is 13.1. The molecule has 5 nitrogen and oxygen atoms in total. The molecule has 2 aromatic carbocycles. The van der Waals surface area contributed by atoms with Crippen LogP contribution in [-0.4, -0.2) is 27.2 Å². The number of ether oxygens (including phenoxy) is 3. The van der Waals surface area contributed by atoms with Gasteiger partial charge in [-0.3, -0.25) is 4.79 Å². The van der Waals surface area contributed by atoms with Gasteiger partial charge in [-0.05, 0) is 47.8 Å². The van der Waals surface area contributed by atoms with Gasteiger partial charge in [0.15, 0.2) is 0 Å². The van der Waals surface area contributed by atoms with Crippen LogP contribution in [-0.2, 0) is 6.54 Å². The van der Waals surface area contributed by atoms with Crippen LogP contribution in [0.1, 0.15) is 15.2 Å². The largest absolute Gasteiger partial charge is 0.497 e. The number of nitrogens with zero attached hydrogens (tertiary/aromatic N) is 1. The first kappa shape index (κ1) is 18.8. The minimum atomic E-state index is -0.134. The van der Waals surface area contributed by atoms with Gasteiger partial charge in [-0.15, -0.1) is 11.3 Å². The van der Waals surface area contributed by atoms with Gasteiger partial charge in [0.2, 0.25) is 0 Å². The van der Waals surface area contributed by atoms with Crippen LogP contribution in [0.15, 0.2) is 60.0 Å². The van der Waals surface area contributed by atoms with Crippen LogP contribution in [0.4, 0.5) is 5.69 Å². The Morgan fingerprint density at radius 2 is 1.52 bits per heavy atom. The van der Waals surface area contributed by atoms with Crippen LogP contribution < -0.4 is 19.1 Å². The molecule has 0 aliphatic rings. The van der Waals surface area contributed by atoms with Crippen molar-refractivity contribution in [2.45, 2.75) is 6.54 Å². The Balaban J connectivity index is 1.99.